The third-order valence-corrected chi connectivity index (χ3v) is 8.18. The fraction of sp³-hybridized carbons (Fsp3) is 0.438. The molecule has 1 heterocycles. The second kappa shape index (κ2) is 13.5. The first-order valence-electron chi connectivity index (χ1n) is 14.1. The Morgan fingerprint density at radius 1 is 1.00 bits per heavy atom. The molecular formula is C32H43N3O3S. The van der Waals surface area contributed by atoms with Crippen molar-refractivity contribution in [3.63, 3.8) is 0 Å². The van der Waals surface area contributed by atoms with Crippen molar-refractivity contribution in [3.8, 4) is 0 Å². The first-order valence-corrected chi connectivity index (χ1v) is 16.0. The number of benzene rings is 1. The zero-order valence-corrected chi connectivity index (χ0v) is 24.4. The van der Waals surface area contributed by atoms with Crippen molar-refractivity contribution in [2.75, 3.05) is 43.8 Å². The van der Waals surface area contributed by atoms with E-state index in [9.17, 15) is 13.5 Å². The third kappa shape index (κ3) is 8.07. The summed E-state index contributed by atoms with van der Waals surface area (Å²) < 4.78 is 26.1. The van der Waals surface area contributed by atoms with Crippen LogP contribution in [0.15, 0.2) is 89.2 Å². The molecule has 1 aromatic rings. The molecule has 2 N–H and O–H groups in total. The van der Waals surface area contributed by atoms with E-state index < -0.39 is 10.0 Å². The molecule has 0 unspecified atom stereocenters. The standard InChI is InChI=1S/C32H43N3O3S/c1-25(2)34-20-22-35(23-21-34)30-12-7-11-27(16-19-30)32(28-14-17-29(18-15-28)33-39(3,37)38)31(13-8-24-36)26-9-5-4-6-10-26/h4-5,7,9,12,14-19,25,33,36H,6,8,10-11,13,20-24H2,1-3H3/b32-31+. The van der Waals surface area contributed by atoms with Crippen molar-refractivity contribution in [3.05, 3.63) is 94.8 Å². The van der Waals surface area contributed by atoms with Gasteiger partial charge in [-0.15, -0.1) is 0 Å². The molecular weight excluding hydrogens is 506 g/mol. The summed E-state index contributed by atoms with van der Waals surface area (Å²) in [4.78, 5) is 5.01. The number of aliphatic hydroxyl groups excluding tert-OH is 1. The Morgan fingerprint density at radius 2 is 1.74 bits per heavy atom. The Bertz CT molecular complexity index is 1290. The minimum atomic E-state index is -3.35. The van der Waals surface area contributed by atoms with E-state index >= 15 is 0 Å². The lowest BCUT2D eigenvalue weighted by Crippen LogP contribution is -2.48. The number of anilines is 1. The van der Waals surface area contributed by atoms with Gasteiger partial charge in [0.15, 0.2) is 0 Å². The van der Waals surface area contributed by atoms with Crippen LogP contribution in [0.3, 0.4) is 0 Å². The quantitative estimate of drug-likeness (QED) is 0.394. The number of hydrogen-bond donors (Lipinski definition) is 2. The Kier molecular flexibility index (Phi) is 10.1. The SMILES string of the molecule is CC(C)N1CCN(C2=CC=C(/C(=C(/CCCO)C3=CC=CCC3)c3ccc(NS(C)(=O)=O)cc3)CC=C2)CC1. The molecule has 0 radical (unpaired) electrons. The van der Waals surface area contributed by atoms with Crippen LogP contribution in [0, 0.1) is 0 Å². The Balaban J connectivity index is 1.74. The fourth-order valence-electron chi connectivity index (χ4n) is 5.54. The predicted octanol–water partition coefficient (Wildman–Crippen LogP) is 5.66. The van der Waals surface area contributed by atoms with Crippen LogP contribution in [-0.2, 0) is 10.0 Å². The molecule has 0 bridgehead atoms. The van der Waals surface area contributed by atoms with Crippen molar-refractivity contribution >= 4 is 21.3 Å². The fourth-order valence-corrected chi connectivity index (χ4v) is 6.10. The molecule has 0 atom stereocenters. The maximum Gasteiger partial charge on any atom is 0.229 e. The molecule has 6 nitrogen and oxygen atoms in total. The average Bonchev–Trinajstić information content (AvgIpc) is 3.17. The van der Waals surface area contributed by atoms with Crippen molar-refractivity contribution in [1.82, 2.24) is 9.80 Å². The summed E-state index contributed by atoms with van der Waals surface area (Å²) in [6.07, 6.45) is 21.0. The summed E-state index contributed by atoms with van der Waals surface area (Å²) in [5.74, 6) is 0. The average molecular weight is 550 g/mol. The van der Waals surface area contributed by atoms with Gasteiger partial charge < -0.3 is 10.0 Å². The van der Waals surface area contributed by atoms with Gasteiger partial charge in [-0.2, -0.15) is 0 Å². The number of piperazine rings is 1. The van der Waals surface area contributed by atoms with Gasteiger partial charge in [0.1, 0.15) is 0 Å². The number of nitrogens with zero attached hydrogens (tertiary/aromatic N) is 2. The minimum absolute atomic E-state index is 0.141. The lowest BCUT2D eigenvalue weighted by Gasteiger charge is -2.38. The molecule has 1 saturated heterocycles. The molecule has 0 aromatic heterocycles. The highest BCUT2D eigenvalue weighted by atomic mass is 32.2. The smallest absolute Gasteiger partial charge is 0.229 e. The van der Waals surface area contributed by atoms with Crippen molar-refractivity contribution < 1.29 is 13.5 Å². The van der Waals surface area contributed by atoms with Gasteiger partial charge in [-0.05, 0) is 98.1 Å². The van der Waals surface area contributed by atoms with E-state index in [-0.39, 0.29) is 6.61 Å². The summed E-state index contributed by atoms with van der Waals surface area (Å²) in [5.41, 5.74) is 7.84. The number of hydrogen-bond acceptors (Lipinski definition) is 5. The van der Waals surface area contributed by atoms with E-state index in [1.54, 1.807) is 0 Å². The van der Waals surface area contributed by atoms with Crippen molar-refractivity contribution in [2.24, 2.45) is 0 Å². The van der Waals surface area contributed by atoms with E-state index in [4.69, 9.17) is 0 Å². The van der Waals surface area contributed by atoms with Crippen LogP contribution in [-0.4, -0.2) is 68.4 Å². The summed E-state index contributed by atoms with van der Waals surface area (Å²) >= 11 is 0. The molecule has 2 aliphatic carbocycles. The van der Waals surface area contributed by atoms with Gasteiger partial charge >= 0.3 is 0 Å². The predicted molar refractivity (Wildman–Crippen MR) is 163 cm³/mol. The van der Waals surface area contributed by atoms with Crippen molar-refractivity contribution in [1.29, 1.82) is 0 Å². The Hall–Kier alpha value is -2.87. The largest absolute Gasteiger partial charge is 0.396 e. The molecule has 1 aliphatic heterocycles. The molecule has 0 spiro atoms. The van der Waals surface area contributed by atoms with Crippen LogP contribution in [0.5, 0.6) is 0 Å². The molecule has 4 rings (SSSR count). The molecule has 1 fully saturated rings. The van der Waals surface area contributed by atoms with Crippen LogP contribution >= 0.6 is 0 Å². The summed E-state index contributed by atoms with van der Waals surface area (Å²) in [6, 6.07) is 8.25. The highest BCUT2D eigenvalue weighted by Gasteiger charge is 2.21. The van der Waals surface area contributed by atoms with Gasteiger partial charge in [0.05, 0.1) is 6.26 Å². The third-order valence-electron chi connectivity index (χ3n) is 7.58. The molecule has 0 amide bonds. The number of nitrogens with one attached hydrogen (secondary N) is 1. The normalized spacial score (nSPS) is 19.3. The lowest BCUT2D eigenvalue weighted by atomic mass is 9.83. The molecule has 3 aliphatic rings. The van der Waals surface area contributed by atoms with Gasteiger partial charge in [-0.25, -0.2) is 8.42 Å². The monoisotopic (exact) mass is 549 g/mol. The minimum Gasteiger partial charge on any atom is -0.396 e. The number of rotatable bonds is 10. The van der Waals surface area contributed by atoms with Gasteiger partial charge in [0.25, 0.3) is 0 Å². The van der Waals surface area contributed by atoms with Crippen LogP contribution in [0.25, 0.3) is 5.57 Å². The van der Waals surface area contributed by atoms with Crippen LogP contribution < -0.4 is 4.72 Å². The van der Waals surface area contributed by atoms with Gasteiger partial charge in [0, 0.05) is 50.2 Å². The molecule has 39 heavy (non-hydrogen) atoms. The topological polar surface area (TPSA) is 72.9 Å². The maximum absolute atomic E-state index is 11.8. The van der Waals surface area contributed by atoms with Gasteiger partial charge in [-0.1, -0.05) is 42.5 Å². The van der Waals surface area contributed by atoms with Crippen LogP contribution in [0.1, 0.15) is 51.5 Å². The van der Waals surface area contributed by atoms with E-state index in [0.29, 0.717) is 18.2 Å². The second-order valence-corrected chi connectivity index (χ2v) is 12.5. The maximum atomic E-state index is 11.8. The second-order valence-electron chi connectivity index (χ2n) is 10.8. The first kappa shape index (κ1) is 29.1. The summed E-state index contributed by atoms with van der Waals surface area (Å²) in [6.45, 7) is 8.86. The van der Waals surface area contributed by atoms with Crippen molar-refractivity contribution in [2.45, 2.75) is 52.0 Å². The highest BCUT2D eigenvalue weighted by molar-refractivity contribution is 7.92. The molecule has 0 saturated carbocycles. The van der Waals surface area contributed by atoms with E-state index in [2.05, 4.69) is 70.9 Å². The Labute approximate surface area is 234 Å². The van der Waals surface area contributed by atoms with E-state index in [1.165, 1.54) is 28.0 Å². The number of aliphatic hydroxyl groups is 1. The van der Waals surface area contributed by atoms with Crippen LogP contribution in [0.4, 0.5) is 5.69 Å². The molecule has 210 valence electrons. The lowest BCUT2D eigenvalue weighted by molar-refractivity contribution is 0.132. The zero-order valence-electron chi connectivity index (χ0n) is 23.6. The molecule has 1 aromatic carbocycles. The van der Waals surface area contributed by atoms with Crippen LogP contribution in [0.2, 0.25) is 0 Å². The van der Waals surface area contributed by atoms with Gasteiger partial charge in [0.2, 0.25) is 10.0 Å². The number of sulfonamides is 1. The summed E-state index contributed by atoms with van der Waals surface area (Å²) in [7, 11) is -3.35. The summed E-state index contributed by atoms with van der Waals surface area (Å²) in [5, 5.41) is 9.73. The number of allylic oxidation sites excluding steroid dienone is 11. The van der Waals surface area contributed by atoms with Gasteiger partial charge in [-0.3, -0.25) is 9.62 Å². The van der Waals surface area contributed by atoms with E-state index in [1.807, 2.05) is 24.3 Å². The first-order chi connectivity index (χ1) is 18.7. The Morgan fingerprint density at radius 3 is 2.36 bits per heavy atom. The highest BCUT2D eigenvalue weighted by Crippen LogP contribution is 2.38. The van der Waals surface area contributed by atoms with E-state index in [0.717, 1.165) is 63.7 Å². The zero-order chi connectivity index (χ0) is 27.8. The molecule has 7 heteroatoms.